The van der Waals surface area contributed by atoms with Gasteiger partial charge in [-0.05, 0) is 47.5 Å². The van der Waals surface area contributed by atoms with E-state index in [0.717, 1.165) is 91.6 Å². The van der Waals surface area contributed by atoms with Crippen LogP contribution in [-0.4, -0.2) is 102 Å². The molecule has 0 N–H and O–H groups in total. The number of hydrogen-bond acceptors (Lipinski definition) is 5. The highest BCUT2D eigenvalue weighted by molar-refractivity contribution is 5.85. The Morgan fingerprint density at radius 3 is 1.38 bits per heavy atom. The number of benzene rings is 2. The molecular weight excluding hydrogens is 484 g/mol. The number of urea groups is 1. The lowest BCUT2D eigenvalue weighted by atomic mass is 10.1. The van der Waals surface area contributed by atoms with Crippen molar-refractivity contribution >= 4 is 18.4 Å². The number of amides is 2. The van der Waals surface area contributed by atoms with Crippen LogP contribution < -0.4 is 0 Å². The molecule has 4 heterocycles. The molecule has 7 nitrogen and oxygen atoms in total. The van der Waals surface area contributed by atoms with Gasteiger partial charge in [-0.15, -0.1) is 12.4 Å². The Hall–Kier alpha value is -2.16. The van der Waals surface area contributed by atoms with Crippen molar-refractivity contribution in [2.24, 2.45) is 0 Å². The summed E-state index contributed by atoms with van der Waals surface area (Å²) in [5, 5.41) is 0. The first-order valence-electron chi connectivity index (χ1n) is 13.6. The summed E-state index contributed by atoms with van der Waals surface area (Å²) < 4.78 is 0. The summed E-state index contributed by atoms with van der Waals surface area (Å²) in [5.41, 5.74) is 7.98. The summed E-state index contributed by atoms with van der Waals surface area (Å²) in [6.07, 6.45) is 0. The van der Waals surface area contributed by atoms with Gasteiger partial charge in [0.15, 0.2) is 0 Å². The molecule has 0 saturated carbocycles. The fourth-order valence-electron chi connectivity index (χ4n) is 6.09. The second-order valence-corrected chi connectivity index (χ2v) is 11.4. The first kappa shape index (κ1) is 26.4. The van der Waals surface area contributed by atoms with Crippen LogP contribution in [-0.2, 0) is 39.3 Å². The van der Waals surface area contributed by atoms with Gasteiger partial charge in [0.25, 0.3) is 0 Å². The average Bonchev–Trinajstić information content (AvgIpc) is 3.50. The Morgan fingerprint density at radius 1 is 0.595 bits per heavy atom. The Labute approximate surface area is 228 Å². The molecule has 4 aliphatic rings. The topological polar surface area (TPSA) is 36.5 Å². The van der Waals surface area contributed by atoms with Crippen LogP contribution in [0.15, 0.2) is 36.4 Å². The van der Waals surface area contributed by atoms with Crippen molar-refractivity contribution in [2.75, 3.05) is 66.5 Å². The van der Waals surface area contributed by atoms with Crippen LogP contribution in [0.2, 0.25) is 0 Å². The zero-order chi connectivity index (χ0) is 24.6. The van der Waals surface area contributed by atoms with Gasteiger partial charge in [0.2, 0.25) is 0 Å². The van der Waals surface area contributed by atoms with Gasteiger partial charge in [-0.25, -0.2) is 4.79 Å². The summed E-state index contributed by atoms with van der Waals surface area (Å²) >= 11 is 0. The Balaban J connectivity index is 0.00000280. The van der Waals surface area contributed by atoms with Crippen LogP contribution >= 0.6 is 12.4 Å². The monoisotopic (exact) mass is 524 g/mol. The van der Waals surface area contributed by atoms with Crippen molar-refractivity contribution in [3.8, 4) is 0 Å². The largest absolute Gasteiger partial charge is 0.321 e. The number of nitrogens with zero attached hydrogens (tertiary/aromatic N) is 6. The summed E-state index contributed by atoms with van der Waals surface area (Å²) in [5.74, 6) is 0. The summed E-state index contributed by atoms with van der Waals surface area (Å²) in [7, 11) is 4.40. The van der Waals surface area contributed by atoms with E-state index in [0.29, 0.717) is 0 Å². The highest BCUT2D eigenvalue weighted by Gasteiger charge is 2.31. The Morgan fingerprint density at radius 2 is 0.973 bits per heavy atom. The SMILES string of the molecule is CN1CCN(Cc2ccc3c(c2)CN(C(=O)N2Cc4ccc(CN5CCN(C)CC5)cc4C2)C3)CC1.Cl. The van der Waals surface area contributed by atoms with Crippen molar-refractivity contribution in [3.63, 3.8) is 0 Å². The molecule has 0 atom stereocenters. The zero-order valence-corrected chi connectivity index (χ0v) is 23.2. The van der Waals surface area contributed by atoms with Gasteiger partial charge >= 0.3 is 6.03 Å². The van der Waals surface area contributed by atoms with Crippen LogP contribution in [0.3, 0.4) is 0 Å². The number of hydrogen-bond donors (Lipinski definition) is 0. The lowest BCUT2D eigenvalue weighted by Crippen LogP contribution is -2.43. The van der Waals surface area contributed by atoms with Gasteiger partial charge in [0, 0.05) is 91.6 Å². The van der Waals surface area contributed by atoms with E-state index in [2.05, 4.69) is 70.1 Å². The fourth-order valence-corrected chi connectivity index (χ4v) is 6.09. The van der Waals surface area contributed by atoms with Crippen molar-refractivity contribution in [1.82, 2.24) is 29.4 Å². The first-order valence-corrected chi connectivity index (χ1v) is 13.6. The highest BCUT2D eigenvalue weighted by Crippen LogP contribution is 2.30. The lowest BCUT2D eigenvalue weighted by molar-refractivity contribution is 0.148. The van der Waals surface area contributed by atoms with Gasteiger partial charge in [-0.2, -0.15) is 0 Å². The molecule has 2 aromatic carbocycles. The maximum Gasteiger partial charge on any atom is 0.321 e. The smallest absolute Gasteiger partial charge is 0.316 e. The van der Waals surface area contributed by atoms with Crippen LogP contribution in [0.25, 0.3) is 0 Å². The van der Waals surface area contributed by atoms with Crippen molar-refractivity contribution in [3.05, 3.63) is 69.8 Å². The molecule has 2 saturated heterocycles. The van der Waals surface area contributed by atoms with E-state index >= 15 is 0 Å². The number of carbonyl (C=O) groups excluding carboxylic acids is 1. The minimum Gasteiger partial charge on any atom is -0.316 e. The van der Waals surface area contributed by atoms with Gasteiger partial charge in [0.1, 0.15) is 0 Å². The lowest BCUT2D eigenvalue weighted by Gasteiger charge is -2.32. The maximum absolute atomic E-state index is 13.5. The molecule has 0 unspecified atom stereocenters. The normalized spacial score (nSPS) is 21.1. The maximum atomic E-state index is 13.5. The molecule has 0 aromatic heterocycles. The molecule has 2 amide bonds. The Kier molecular flexibility index (Phi) is 8.07. The van der Waals surface area contributed by atoms with Crippen molar-refractivity contribution in [2.45, 2.75) is 39.3 Å². The number of carbonyl (C=O) groups is 1. The molecule has 37 heavy (non-hydrogen) atoms. The van der Waals surface area contributed by atoms with Gasteiger partial charge in [0.05, 0.1) is 0 Å². The van der Waals surface area contributed by atoms with E-state index in [1.54, 1.807) is 0 Å². The third-order valence-electron chi connectivity index (χ3n) is 8.53. The quantitative estimate of drug-likeness (QED) is 0.614. The van der Waals surface area contributed by atoms with Crippen LogP contribution in [0.4, 0.5) is 4.79 Å². The van der Waals surface area contributed by atoms with Crippen LogP contribution in [0, 0.1) is 0 Å². The highest BCUT2D eigenvalue weighted by atomic mass is 35.5. The minimum atomic E-state index is 0. The van der Waals surface area contributed by atoms with Gasteiger partial charge in [-0.1, -0.05) is 36.4 Å². The van der Waals surface area contributed by atoms with E-state index in [4.69, 9.17) is 0 Å². The number of fused-ring (bicyclic) bond motifs is 2. The molecule has 0 spiro atoms. The fraction of sp³-hybridized carbons (Fsp3) is 0.552. The molecule has 4 aliphatic heterocycles. The standard InChI is InChI=1S/C29H40N6O.ClH/c1-30-7-11-32(12-8-30)17-23-3-5-25-19-34(21-27(25)15-23)29(36)35-20-26-6-4-24(16-28(26)22-35)18-33-13-9-31(2)10-14-33;/h3-6,15-16H,7-14,17-22H2,1-2H3;1H. The zero-order valence-electron chi connectivity index (χ0n) is 22.4. The summed E-state index contributed by atoms with van der Waals surface area (Å²) in [4.78, 5) is 27.4. The van der Waals surface area contributed by atoms with Crippen molar-refractivity contribution < 1.29 is 4.79 Å². The summed E-state index contributed by atoms with van der Waals surface area (Å²) in [6.45, 7) is 14.0. The second-order valence-electron chi connectivity index (χ2n) is 11.4. The van der Waals surface area contributed by atoms with Gasteiger partial charge < -0.3 is 19.6 Å². The molecule has 0 radical (unpaired) electrons. The second kappa shape index (κ2) is 11.3. The van der Waals surface area contributed by atoms with E-state index in [1.807, 2.05) is 9.80 Å². The molecule has 2 fully saturated rings. The molecule has 200 valence electrons. The third kappa shape index (κ3) is 5.96. The van der Waals surface area contributed by atoms with E-state index in [-0.39, 0.29) is 18.4 Å². The van der Waals surface area contributed by atoms with Crippen LogP contribution in [0.5, 0.6) is 0 Å². The van der Waals surface area contributed by atoms with E-state index in [9.17, 15) is 4.79 Å². The van der Waals surface area contributed by atoms with Gasteiger partial charge in [-0.3, -0.25) is 9.80 Å². The molecule has 0 bridgehead atoms. The number of halogens is 1. The van der Waals surface area contributed by atoms with E-state index < -0.39 is 0 Å². The predicted octanol–water partition coefficient (Wildman–Crippen LogP) is 3.05. The number of piperazine rings is 2. The first-order chi connectivity index (χ1) is 17.5. The third-order valence-corrected chi connectivity index (χ3v) is 8.53. The van der Waals surface area contributed by atoms with Crippen LogP contribution in [0.1, 0.15) is 33.4 Å². The Bertz CT molecular complexity index is 1020. The number of rotatable bonds is 4. The average molecular weight is 525 g/mol. The van der Waals surface area contributed by atoms with Crippen molar-refractivity contribution in [1.29, 1.82) is 0 Å². The molecule has 8 heteroatoms. The molecule has 2 aromatic rings. The van der Waals surface area contributed by atoms with E-state index in [1.165, 1.54) is 33.4 Å². The molecule has 6 rings (SSSR count). The predicted molar refractivity (Wildman–Crippen MR) is 150 cm³/mol. The molecular formula is C29H41ClN6O. The summed E-state index contributed by atoms with van der Waals surface area (Å²) in [6, 6.07) is 13.9. The molecule has 0 aliphatic carbocycles. The number of likely N-dealkylation sites (N-methyl/N-ethyl adjacent to an activating group) is 2. The minimum absolute atomic E-state index is 0.